The molecule has 0 aromatic carbocycles. The van der Waals surface area contributed by atoms with Crippen LogP contribution in [-0.4, -0.2) is 41.1 Å². The molecule has 4 nitrogen and oxygen atoms in total. The Hall–Kier alpha value is -1.29. The number of H-pyrrole nitrogens is 1. The zero-order chi connectivity index (χ0) is 12.8. The second kappa shape index (κ2) is 6.45. The van der Waals surface area contributed by atoms with Crippen molar-refractivity contribution in [2.24, 2.45) is 11.8 Å². The third-order valence-corrected chi connectivity index (χ3v) is 3.07. The molecule has 0 aliphatic heterocycles. The first-order valence-corrected chi connectivity index (χ1v) is 6.03. The molecule has 0 spiro atoms. The zero-order valence-electron chi connectivity index (χ0n) is 10.8. The first-order chi connectivity index (χ1) is 8.00. The quantitative estimate of drug-likeness (QED) is 0.762. The summed E-state index contributed by atoms with van der Waals surface area (Å²) in [5.74, 6) is -0.818. The Bertz CT molecular complexity index is 333. The van der Waals surface area contributed by atoms with Gasteiger partial charge in [0.25, 0.3) is 0 Å². The minimum Gasteiger partial charge on any atom is -0.481 e. The van der Waals surface area contributed by atoms with Crippen LogP contribution in [0.5, 0.6) is 0 Å². The molecule has 0 fully saturated rings. The van der Waals surface area contributed by atoms with E-state index >= 15 is 0 Å². The van der Waals surface area contributed by atoms with Crippen molar-refractivity contribution in [3.63, 3.8) is 0 Å². The first kappa shape index (κ1) is 13.8. The first-order valence-electron chi connectivity index (χ1n) is 6.03. The van der Waals surface area contributed by atoms with Crippen molar-refractivity contribution in [2.75, 3.05) is 20.1 Å². The fourth-order valence-corrected chi connectivity index (χ4v) is 1.84. The van der Waals surface area contributed by atoms with Crippen molar-refractivity contribution in [2.45, 2.75) is 20.3 Å². The van der Waals surface area contributed by atoms with Crippen LogP contribution in [0.1, 0.15) is 19.4 Å². The zero-order valence-corrected chi connectivity index (χ0v) is 10.8. The highest BCUT2D eigenvalue weighted by Crippen LogP contribution is 2.12. The fourth-order valence-electron chi connectivity index (χ4n) is 1.84. The lowest BCUT2D eigenvalue weighted by atomic mass is 9.95. The second-order valence-electron chi connectivity index (χ2n) is 4.92. The maximum atomic E-state index is 11.1. The molecule has 1 rings (SSSR count). The molecule has 1 atom stereocenters. The molecule has 0 saturated heterocycles. The van der Waals surface area contributed by atoms with E-state index in [1.165, 1.54) is 5.56 Å². The number of hydrogen-bond donors (Lipinski definition) is 2. The van der Waals surface area contributed by atoms with E-state index in [0.717, 1.165) is 13.0 Å². The van der Waals surface area contributed by atoms with Gasteiger partial charge in [0.15, 0.2) is 0 Å². The van der Waals surface area contributed by atoms with Crippen molar-refractivity contribution in [3.05, 3.63) is 24.0 Å². The van der Waals surface area contributed by atoms with Gasteiger partial charge in [-0.2, -0.15) is 0 Å². The van der Waals surface area contributed by atoms with Gasteiger partial charge in [-0.05, 0) is 31.0 Å². The minimum absolute atomic E-state index is 0.169. The van der Waals surface area contributed by atoms with Crippen LogP contribution in [0.2, 0.25) is 0 Å². The number of carboxylic acids is 1. The normalized spacial score (nSPS) is 13.2. The molecule has 0 aliphatic carbocycles. The minimum atomic E-state index is -0.700. The van der Waals surface area contributed by atoms with Crippen LogP contribution >= 0.6 is 0 Å². The van der Waals surface area contributed by atoms with Gasteiger partial charge in [-0.1, -0.05) is 13.8 Å². The molecule has 0 aliphatic rings. The van der Waals surface area contributed by atoms with Gasteiger partial charge in [-0.3, -0.25) is 4.79 Å². The average Bonchev–Trinajstić information content (AvgIpc) is 2.74. The van der Waals surface area contributed by atoms with Gasteiger partial charge in [-0.25, -0.2) is 0 Å². The van der Waals surface area contributed by atoms with Crippen molar-refractivity contribution in [1.82, 2.24) is 9.88 Å². The monoisotopic (exact) mass is 238 g/mol. The maximum Gasteiger partial charge on any atom is 0.308 e. The summed E-state index contributed by atoms with van der Waals surface area (Å²) in [4.78, 5) is 16.2. The smallest absolute Gasteiger partial charge is 0.308 e. The standard InChI is InChI=1S/C13H22N2O2/c1-10(2)12(13(16)17)9-15(3)7-5-11-4-6-14-8-11/h4,6,8,10,12,14H,5,7,9H2,1-3H3,(H,16,17). The summed E-state index contributed by atoms with van der Waals surface area (Å²) in [5.41, 5.74) is 1.26. The van der Waals surface area contributed by atoms with Gasteiger partial charge < -0.3 is 15.0 Å². The van der Waals surface area contributed by atoms with Crippen LogP contribution in [0.3, 0.4) is 0 Å². The largest absolute Gasteiger partial charge is 0.481 e. The lowest BCUT2D eigenvalue weighted by Crippen LogP contribution is -2.34. The van der Waals surface area contributed by atoms with Crippen molar-refractivity contribution < 1.29 is 9.90 Å². The number of rotatable bonds is 7. The van der Waals surface area contributed by atoms with E-state index in [4.69, 9.17) is 5.11 Å². The number of aliphatic carboxylic acids is 1. The highest BCUT2D eigenvalue weighted by atomic mass is 16.4. The SMILES string of the molecule is CC(C)C(CN(C)CCc1cc[nH]c1)C(=O)O. The molecular weight excluding hydrogens is 216 g/mol. The van der Waals surface area contributed by atoms with Gasteiger partial charge >= 0.3 is 5.97 Å². The average molecular weight is 238 g/mol. The molecule has 0 amide bonds. The summed E-state index contributed by atoms with van der Waals surface area (Å²) >= 11 is 0. The molecule has 4 heteroatoms. The van der Waals surface area contributed by atoms with E-state index < -0.39 is 5.97 Å². The van der Waals surface area contributed by atoms with Crippen molar-refractivity contribution in [1.29, 1.82) is 0 Å². The van der Waals surface area contributed by atoms with Crippen LogP contribution in [-0.2, 0) is 11.2 Å². The van der Waals surface area contributed by atoms with Crippen LogP contribution < -0.4 is 0 Å². The van der Waals surface area contributed by atoms with E-state index in [-0.39, 0.29) is 11.8 Å². The van der Waals surface area contributed by atoms with Gasteiger partial charge in [0.05, 0.1) is 5.92 Å². The third-order valence-electron chi connectivity index (χ3n) is 3.07. The molecule has 2 N–H and O–H groups in total. The molecule has 0 saturated carbocycles. The molecule has 1 aromatic rings. The molecule has 1 heterocycles. The third kappa shape index (κ3) is 4.61. The number of hydrogen-bond acceptors (Lipinski definition) is 2. The number of nitrogens with zero attached hydrogens (tertiary/aromatic N) is 1. The number of likely N-dealkylation sites (N-methyl/N-ethyl adjacent to an activating group) is 1. The highest BCUT2D eigenvalue weighted by molar-refractivity contribution is 5.70. The second-order valence-corrected chi connectivity index (χ2v) is 4.92. The van der Waals surface area contributed by atoms with Crippen LogP contribution in [0.4, 0.5) is 0 Å². The molecule has 0 bridgehead atoms. The van der Waals surface area contributed by atoms with E-state index in [2.05, 4.69) is 9.88 Å². The lowest BCUT2D eigenvalue weighted by Gasteiger charge is -2.23. The lowest BCUT2D eigenvalue weighted by molar-refractivity contribution is -0.143. The summed E-state index contributed by atoms with van der Waals surface area (Å²) in [6.07, 6.45) is 4.83. The number of carbonyl (C=O) groups is 1. The fraction of sp³-hybridized carbons (Fsp3) is 0.615. The number of aromatic nitrogens is 1. The molecule has 96 valence electrons. The number of nitrogens with one attached hydrogen (secondary N) is 1. The Balaban J connectivity index is 2.37. The van der Waals surface area contributed by atoms with E-state index in [9.17, 15) is 4.79 Å². The number of carboxylic acid groups (broad SMARTS) is 1. The Morgan fingerprint density at radius 2 is 2.24 bits per heavy atom. The van der Waals surface area contributed by atoms with Gasteiger partial charge in [-0.15, -0.1) is 0 Å². The summed E-state index contributed by atoms with van der Waals surface area (Å²) < 4.78 is 0. The maximum absolute atomic E-state index is 11.1. The summed E-state index contributed by atoms with van der Waals surface area (Å²) in [5, 5.41) is 9.11. The predicted octanol–water partition coefficient (Wildman–Crippen LogP) is 1.85. The summed E-state index contributed by atoms with van der Waals surface area (Å²) in [6, 6.07) is 2.05. The Morgan fingerprint density at radius 1 is 1.53 bits per heavy atom. The molecule has 1 unspecified atom stereocenters. The Labute approximate surface area is 103 Å². The molecule has 1 aromatic heterocycles. The van der Waals surface area contributed by atoms with Crippen LogP contribution in [0, 0.1) is 11.8 Å². The Kier molecular flexibility index (Phi) is 5.22. The predicted molar refractivity (Wildman–Crippen MR) is 68.0 cm³/mol. The highest BCUT2D eigenvalue weighted by Gasteiger charge is 2.22. The number of aromatic amines is 1. The molecule has 17 heavy (non-hydrogen) atoms. The van der Waals surface area contributed by atoms with Gasteiger partial charge in [0.2, 0.25) is 0 Å². The van der Waals surface area contributed by atoms with Crippen molar-refractivity contribution >= 4 is 5.97 Å². The van der Waals surface area contributed by atoms with Crippen LogP contribution in [0.15, 0.2) is 18.5 Å². The summed E-state index contributed by atoms with van der Waals surface area (Å²) in [7, 11) is 1.98. The molecule has 0 radical (unpaired) electrons. The summed E-state index contributed by atoms with van der Waals surface area (Å²) in [6.45, 7) is 5.41. The van der Waals surface area contributed by atoms with Gasteiger partial charge in [0.1, 0.15) is 0 Å². The van der Waals surface area contributed by atoms with Crippen LogP contribution in [0.25, 0.3) is 0 Å². The Morgan fingerprint density at radius 3 is 2.71 bits per heavy atom. The molecular formula is C13H22N2O2. The van der Waals surface area contributed by atoms with E-state index in [1.807, 2.05) is 39.4 Å². The van der Waals surface area contributed by atoms with E-state index in [0.29, 0.717) is 6.54 Å². The van der Waals surface area contributed by atoms with Gasteiger partial charge in [0, 0.05) is 25.5 Å². The van der Waals surface area contributed by atoms with E-state index in [1.54, 1.807) is 0 Å². The topological polar surface area (TPSA) is 56.3 Å². The van der Waals surface area contributed by atoms with Crippen molar-refractivity contribution in [3.8, 4) is 0 Å².